The summed E-state index contributed by atoms with van der Waals surface area (Å²) in [4.78, 5) is 35.8. The van der Waals surface area contributed by atoms with Gasteiger partial charge in [-0.25, -0.2) is 4.79 Å². The standard InChI is InChI=1S/C11H14N2O5/c1-5(2)9(11(17)18)13-10(16)6-3-7(14)12-8(15)4-6/h3-5,9H,1-2H3,(H,13,16)(H,17,18)(H2,12,14,15). The second-order valence-electron chi connectivity index (χ2n) is 4.15. The Kier molecular flexibility index (Phi) is 4.09. The minimum Gasteiger partial charge on any atom is -0.494 e. The monoisotopic (exact) mass is 254 g/mol. The molecule has 4 N–H and O–H groups in total. The van der Waals surface area contributed by atoms with Crippen molar-refractivity contribution in [3.8, 4) is 5.88 Å². The van der Waals surface area contributed by atoms with Gasteiger partial charge in [-0.1, -0.05) is 13.8 Å². The van der Waals surface area contributed by atoms with Crippen molar-refractivity contribution in [3.05, 3.63) is 28.0 Å². The van der Waals surface area contributed by atoms with Crippen LogP contribution in [0.2, 0.25) is 0 Å². The number of aromatic nitrogens is 1. The summed E-state index contributed by atoms with van der Waals surface area (Å²) in [6.07, 6.45) is 0. The Morgan fingerprint density at radius 1 is 1.33 bits per heavy atom. The Hall–Kier alpha value is -2.31. The van der Waals surface area contributed by atoms with Gasteiger partial charge in [0, 0.05) is 12.1 Å². The molecule has 0 aliphatic rings. The van der Waals surface area contributed by atoms with Crippen LogP contribution in [0, 0.1) is 5.92 Å². The molecule has 0 bridgehead atoms. The van der Waals surface area contributed by atoms with Crippen molar-refractivity contribution in [2.24, 2.45) is 5.92 Å². The maximum Gasteiger partial charge on any atom is 0.326 e. The number of carboxylic acid groups (broad SMARTS) is 1. The van der Waals surface area contributed by atoms with Crippen LogP contribution in [-0.4, -0.2) is 33.1 Å². The Balaban J connectivity index is 2.94. The number of aromatic hydroxyl groups is 1. The summed E-state index contributed by atoms with van der Waals surface area (Å²) < 4.78 is 0. The molecular formula is C11H14N2O5. The van der Waals surface area contributed by atoms with Gasteiger partial charge in [-0.05, 0) is 5.92 Å². The third-order valence-corrected chi connectivity index (χ3v) is 2.31. The molecule has 1 aromatic heterocycles. The fraction of sp³-hybridized carbons (Fsp3) is 0.364. The van der Waals surface area contributed by atoms with E-state index in [0.717, 1.165) is 12.1 Å². The SMILES string of the molecule is CC(C)C(NC(=O)c1cc(O)[nH]c(=O)c1)C(=O)O. The molecule has 98 valence electrons. The van der Waals surface area contributed by atoms with Crippen molar-refractivity contribution in [1.29, 1.82) is 0 Å². The van der Waals surface area contributed by atoms with E-state index in [0.29, 0.717) is 0 Å². The van der Waals surface area contributed by atoms with Crippen LogP contribution in [-0.2, 0) is 4.79 Å². The van der Waals surface area contributed by atoms with Crippen LogP contribution in [0.5, 0.6) is 5.88 Å². The highest BCUT2D eigenvalue weighted by Crippen LogP contribution is 2.07. The zero-order valence-electron chi connectivity index (χ0n) is 9.93. The number of pyridine rings is 1. The Bertz CT molecular complexity index is 520. The molecule has 0 aliphatic carbocycles. The topological polar surface area (TPSA) is 119 Å². The summed E-state index contributed by atoms with van der Waals surface area (Å²) >= 11 is 0. The maximum atomic E-state index is 11.7. The van der Waals surface area contributed by atoms with E-state index in [2.05, 4.69) is 10.3 Å². The Labute approximate surface area is 102 Å². The summed E-state index contributed by atoms with van der Waals surface area (Å²) in [7, 11) is 0. The van der Waals surface area contributed by atoms with E-state index in [9.17, 15) is 14.4 Å². The van der Waals surface area contributed by atoms with E-state index in [1.807, 2.05) is 0 Å². The number of amides is 1. The molecule has 0 spiro atoms. The lowest BCUT2D eigenvalue weighted by Crippen LogP contribution is -2.44. The van der Waals surface area contributed by atoms with Crippen molar-refractivity contribution in [1.82, 2.24) is 10.3 Å². The number of rotatable bonds is 4. The average Bonchev–Trinajstić information content (AvgIpc) is 2.23. The van der Waals surface area contributed by atoms with Gasteiger partial charge in [-0.3, -0.25) is 14.6 Å². The van der Waals surface area contributed by atoms with Crippen molar-refractivity contribution < 1.29 is 19.8 Å². The summed E-state index contributed by atoms with van der Waals surface area (Å²) in [5, 5.41) is 20.3. The van der Waals surface area contributed by atoms with E-state index in [1.165, 1.54) is 0 Å². The van der Waals surface area contributed by atoms with Gasteiger partial charge in [0.2, 0.25) is 0 Å². The number of hydrogen-bond donors (Lipinski definition) is 4. The molecule has 7 nitrogen and oxygen atoms in total. The summed E-state index contributed by atoms with van der Waals surface area (Å²) in [5.41, 5.74) is -0.736. The molecule has 1 atom stereocenters. The molecule has 7 heteroatoms. The first-order chi connectivity index (χ1) is 8.31. The molecule has 1 unspecified atom stereocenters. The first-order valence-electron chi connectivity index (χ1n) is 5.28. The van der Waals surface area contributed by atoms with Gasteiger partial charge in [0.05, 0.1) is 5.56 Å². The highest BCUT2D eigenvalue weighted by Gasteiger charge is 2.24. The number of carbonyl (C=O) groups excluding carboxylic acids is 1. The van der Waals surface area contributed by atoms with Gasteiger partial charge >= 0.3 is 5.97 Å². The fourth-order valence-corrected chi connectivity index (χ4v) is 1.40. The Morgan fingerprint density at radius 3 is 2.39 bits per heavy atom. The van der Waals surface area contributed by atoms with E-state index in [1.54, 1.807) is 13.8 Å². The maximum absolute atomic E-state index is 11.7. The number of aliphatic carboxylic acids is 1. The van der Waals surface area contributed by atoms with Gasteiger partial charge in [0.15, 0.2) is 5.88 Å². The second-order valence-corrected chi connectivity index (χ2v) is 4.15. The van der Waals surface area contributed by atoms with Gasteiger partial charge in [0.1, 0.15) is 6.04 Å². The summed E-state index contributed by atoms with van der Waals surface area (Å²) in [6.45, 7) is 3.29. The summed E-state index contributed by atoms with van der Waals surface area (Å²) in [5.74, 6) is -2.64. The van der Waals surface area contributed by atoms with E-state index >= 15 is 0 Å². The van der Waals surface area contributed by atoms with Crippen LogP contribution in [0.25, 0.3) is 0 Å². The minimum absolute atomic E-state index is 0.0943. The largest absolute Gasteiger partial charge is 0.494 e. The minimum atomic E-state index is -1.16. The lowest BCUT2D eigenvalue weighted by atomic mass is 10.0. The predicted octanol–water partition coefficient (Wildman–Crippen LogP) is -0.0805. The third-order valence-electron chi connectivity index (χ3n) is 2.31. The molecule has 1 amide bonds. The number of nitrogens with one attached hydrogen (secondary N) is 2. The molecule has 0 saturated carbocycles. The number of H-pyrrole nitrogens is 1. The number of aromatic amines is 1. The van der Waals surface area contributed by atoms with Gasteiger partial charge in [-0.2, -0.15) is 0 Å². The molecule has 1 heterocycles. The van der Waals surface area contributed by atoms with Crippen LogP contribution in [0.15, 0.2) is 16.9 Å². The van der Waals surface area contributed by atoms with Crippen molar-refractivity contribution in [3.63, 3.8) is 0 Å². The van der Waals surface area contributed by atoms with Crippen molar-refractivity contribution in [2.45, 2.75) is 19.9 Å². The van der Waals surface area contributed by atoms with Gasteiger partial charge in [-0.15, -0.1) is 0 Å². The van der Waals surface area contributed by atoms with Crippen LogP contribution < -0.4 is 10.9 Å². The lowest BCUT2D eigenvalue weighted by Gasteiger charge is -2.17. The molecule has 0 saturated heterocycles. The average molecular weight is 254 g/mol. The normalized spacial score (nSPS) is 12.2. The first kappa shape index (κ1) is 13.8. The predicted molar refractivity (Wildman–Crippen MR) is 62.5 cm³/mol. The first-order valence-corrected chi connectivity index (χ1v) is 5.28. The highest BCUT2D eigenvalue weighted by atomic mass is 16.4. The molecule has 0 radical (unpaired) electrons. The zero-order chi connectivity index (χ0) is 13.9. The van der Waals surface area contributed by atoms with E-state index in [4.69, 9.17) is 10.2 Å². The van der Waals surface area contributed by atoms with Crippen molar-refractivity contribution >= 4 is 11.9 Å². The van der Waals surface area contributed by atoms with Crippen LogP contribution in [0.4, 0.5) is 0 Å². The second kappa shape index (κ2) is 5.35. The van der Waals surface area contributed by atoms with Crippen LogP contribution >= 0.6 is 0 Å². The molecule has 18 heavy (non-hydrogen) atoms. The van der Waals surface area contributed by atoms with E-state index in [-0.39, 0.29) is 11.5 Å². The molecule has 0 aliphatic heterocycles. The number of carboxylic acids is 1. The van der Waals surface area contributed by atoms with E-state index < -0.39 is 29.4 Å². The molecule has 1 aromatic rings. The smallest absolute Gasteiger partial charge is 0.326 e. The molecule has 1 rings (SSSR count). The summed E-state index contributed by atoms with van der Waals surface area (Å²) in [6, 6.07) is 0.975. The zero-order valence-corrected chi connectivity index (χ0v) is 9.93. The highest BCUT2D eigenvalue weighted by molar-refractivity contribution is 5.96. The molecular weight excluding hydrogens is 240 g/mol. The van der Waals surface area contributed by atoms with Crippen LogP contribution in [0.3, 0.4) is 0 Å². The molecule has 0 fully saturated rings. The third kappa shape index (κ3) is 3.34. The van der Waals surface area contributed by atoms with Crippen molar-refractivity contribution in [2.75, 3.05) is 0 Å². The fourth-order valence-electron chi connectivity index (χ4n) is 1.40. The van der Waals surface area contributed by atoms with Crippen LogP contribution in [0.1, 0.15) is 24.2 Å². The number of carbonyl (C=O) groups is 2. The number of hydrogen-bond acceptors (Lipinski definition) is 4. The Morgan fingerprint density at radius 2 is 1.94 bits per heavy atom. The van der Waals surface area contributed by atoms with Gasteiger partial charge in [0.25, 0.3) is 11.5 Å². The molecule has 0 aromatic carbocycles. The lowest BCUT2D eigenvalue weighted by molar-refractivity contribution is -0.140. The van der Waals surface area contributed by atoms with Gasteiger partial charge < -0.3 is 15.5 Å². The quantitative estimate of drug-likeness (QED) is 0.599.